The summed E-state index contributed by atoms with van der Waals surface area (Å²) in [5.74, 6) is -0.163. The van der Waals surface area contributed by atoms with Crippen LogP contribution in [0.4, 0.5) is 4.39 Å². The molecule has 0 aromatic heterocycles. The van der Waals surface area contributed by atoms with E-state index in [1.54, 1.807) is 12.1 Å². The Bertz CT molecular complexity index is 725. The monoisotopic (exact) mass is 337 g/mol. The Morgan fingerprint density at radius 2 is 1.72 bits per heavy atom. The van der Waals surface area contributed by atoms with Gasteiger partial charge in [-0.25, -0.2) is 4.39 Å². The molecular weight excluding hydrogens is 313 g/mol. The summed E-state index contributed by atoms with van der Waals surface area (Å²) in [5, 5.41) is 0. The minimum Gasteiger partial charge on any atom is -0.378 e. The van der Waals surface area contributed by atoms with Gasteiger partial charge >= 0.3 is 0 Å². The van der Waals surface area contributed by atoms with E-state index in [9.17, 15) is 4.39 Å². The van der Waals surface area contributed by atoms with E-state index in [4.69, 9.17) is 4.74 Å². The molecule has 2 unspecified atom stereocenters. The van der Waals surface area contributed by atoms with Crippen molar-refractivity contribution in [2.75, 3.05) is 13.2 Å². The summed E-state index contributed by atoms with van der Waals surface area (Å²) in [5.41, 5.74) is 4.09. The molecule has 2 aromatic carbocycles. The van der Waals surface area contributed by atoms with Crippen molar-refractivity contribution in [3.8, 4) is 0 Å². The Balaban J connectivity index is 1.42. The van der Waals surface area contributed by atoms with Crippen LogP contribution < -0.4 is 0 Å². The highest BCUT2D eigenvalue weighted by Crippen LogP contribution is 2.30. The number of aryl methyl sites for hydroxylation is 1. The topological polar surface area (TPSA) is 12.5 Å². The minimum absolute atomic E-state index is 0.163. The minimum atomic E-state index is -0.163. The van der Waals surface area contributed by atoms with Gasteiger partial charge in [0.2, 0.25) is 0 Å². The molecule has 0 amide bonds. The van der Waals surface area contributed by atoms with Crippen molar-refractivity contribution < 1.29 is 9.13 Å². The van der Waals surface area contributed by atoms with Crippen molar-refractivity contribution >= 4 is 0 Å². The van der Waals surface area contributed by atoms with Crippen molar-refractivity contribution in [3.05, 3.63) is 83.2 Å². The lowest BCUT2D eigenvalue weighted by molar-refractivity contribution is -0.0442. The van der Waals surface area contributed by atoms with Gasteiger partial charge in [-0.05, 0) is 42.5 Å². The van der Waals surface area contributed by atoms with Crippen molar-refractivity contribution in [1.29, 1.82) is 0 Å². The summed E-state index contributed by atoms with van der Waals surface area (Å²) in [6.07, 6.45) is 5.51. The molecular formula is C22H24FNO. The van der Waals surface area contributed by atoms with E-state index in [1.165, 1.54) is 16.7 Å². The first-order chi connectivity index (χ1) is 12.3. The maximum Gasteiger partial charge on any atom is 0.123 e. The Morgan fingerprint density at radius 3 is 2.48 bits per heavy atom. The normalized spacial score (nSPS) is 23.3. The second-order valence-electron chi connectivity index (χ2n) is 7.07. The van der Waals surface area contributed by atoms with Crippen molar-refractivity contribution in [2.24, 2.45) is 0 Å². The summed E-state index contributed by atoms with van der Waals surface area (Å²) in [4.78, 5) is 2.58. The molecule has 0 saturated carbocycles. The zero-order valence-corrected chi connectivity index (χ0v) is 14.4. The number of nitrogens with zero attached hydrogens (tertiary/aromatic N) is 1. The Labute approximate surface area is 148 Å². The van der Waals surface area contributed by atoms with Crippen molar-refractivity contribution in [2.45, 2.75) is 37.9 Å². The fraction of sp³-hybridized carbons (Fsp3) is 0.364. The predicted octanol–water partition coefficient (Wildman–Crippen LogP) is 4.36. The fourth-order valence-corrected chi connectivity index (χ4v) is 3.93. The molecule has 0 N–H and O–H groups in total. The van der Waals surface area contributed by atoms with Crippen molar-refractivity contribution in [1.82, 2.24) is 4.90 Å². The molecule has 3 heteroatoms. The standard InChI is InChI=1S/C22H24FNO/c23-20-10-8-17(9-11-20)6-7-19-12-21-15-25-16-22(13-19)24(21)14-18-4-2-1-3-5-18/h1-5,8-12,21-22H,6-7,13-16H2. The molecule has 25 heavy (non-hydrogen) atoms. The quantitative estimate of drug-likeness (QED) is 0.752. The molecule has 2 atom stereocenters. The first-order valence-electron chi connectivity index (χ1n) is 9.09. The number of hydrogen-bond donors (Lipinski definition) is 0. The van der Waals surface area contributed by atoms with Gasteiger partial charge in [0.1, 0.15) is 5.82 Å². The number of benzene rings is 2. The van der Waals surface area contributed by atoms with Crippen LogP contribution in [0, 0.1) is 5.82 Å². The first kappa shape index (κ1) is 16.5. The Kier molecular flexibility index (Phi) is 4.95. The van der Waals surface area contributed by atoms with Crippen LogP contribution in [0.5, 0.6) is 0 Å². The van der Waals surface area contributed by atoms with Crippen LogP contribution in [0.1, 0.15) is 24.0 Å². The lowest BCUT2D eigenvalue weighted by Crippen LogP contribution is -2.53. The van der Waals surface area contributed by atoms with Gasteiger partial charge in [0.25, 0.3) is 0 Å². The van der Waals surface area contributed by atoms with Gasteiger partial charge in [0.15, 0.2) is 0 Å². The highest BCUT2D eigenvalue weighted by atomic mass is 19.1. The molecule has 2 bridgehead atoms. The number of halogens is 1. The molecule has 2 aliphatic heterocycles. The van der Waals surface area contributed by atoms with E-state index in [2.05, 4.69) is 41.3 Å². The number of rotatable bonds is 5. The van der Waals surface area contributed by atoms with E-state index in [0.717, 1.165) is 39.0 Å². The summed E-state index contributed by atoms with van der Waals surface area (Å²) < 4.78 is 18.8. The van der Waals surface area contributed by atoms with E-state index in [-0.39, 0.29) is 5.82 Å². The zero-order chi connectivity index (χ0) is 17.1. The molecule has 4 rings (SSSR count). The van der Waals surface area contributed by atoms with E-state index in [0.29, 0.717) is 12.1 Å². The third kappa shape index (κ3) is 4.00. The molecule has 0 aliphatic carbocycles. The number of ether oxygens (including phenoxy) is 1. The van der Waals surface area contributed by atoms with E-state index in [1.807, 2.05) is 12.1 Å². The highest BCUT2D eigenvalue weighted by Gasteiger charge is 2.34. The molecule has 0 radical (unpaired) electrons. The highest BCUT2D eigenvalue weighted by molar-refractivity contribution is 5.22. The molecule has 2 aliphatic rings. The molecule has 2 nitrogen and oxygen atoms in total. The number of hydrogen-bond acceptors (Lipinski definition) is 2. The molecule has 0 spiro atoms. The fourth-order valence-electron chi connectivity index (χ4n) is 3.93. The summed E-state index contributed by atoms with van der Waals surface area (Å²) >= 11 is 0. The zero-order valence-electron chi connectivity index (χ0n) is 14.4. The second-order valence-corrected chi connectivity index (χ2v) is 7.07. The lowest BCUT2D eigenvalue weighted by atomic mass is 9.90. The summed E-state index contributed by atoms with van der Waals surface area (Å²) in [7, 11) is 0. The van der Waals surface area contributed by atoms with Crippen LogP contribution in [0.2, 0.25) is 0 Å². The van der Waals surface area contributed by atoms with E-state index < -0.39 is 0 Å². The van der Waals surface area contributed by atoms with Gasteiger partial charge in [-0.15, -0.1) is 0 Å². The summed E-state index contributed by atoms with van der Waals surface area (Å²) in [6.45, 7) is 2.59. The number of fused-ring (bicyclic) bond motifs is 2. The Hall–Kier alpha value is -1.97. The predicted molar refractivity (Wildman–Crippen MR) is 97.8 cm³/mol. The van der Waals surface area contributed by atoms with Crippen LogP contribution in [-0.2, 0) is 17.7 Å². The SMILES string of the molecule is Fc1ccc(CCC2=CC3COCC(C2)N3Cc2ccccc2)cc1. The molecule has 2 aromatic rings. The smallest absolute Gasteiger partial charge is 0.123 e. The molecule has 130 valence electrons. The van der Waals surface area contributed by atoms with Gasteiger partial charge in [-0.3, -0.25) is 4.90 Å². The first-order valence-corrected chi connectivity index (χ1v) is 9.09. The van der Waals surface area contributed by atoms with E-state index >= 15 is 0 Å². The average molecular weight is 337 g/mol. The lowest BCUT2D eigenvalue weighted by Gasteiger charge is -2.45. The summed E-state index contributed by atoms with van der Waals surface area (Å²) in [6, 6.07) is 18.4. The van der Waals surface area contributed by atoms with Crippen LogP contribution >= 0.6 is 0 Å². The largest absolute Gasteiger partial charge is 0.378 e. The van der Waals surface area contributed by atoms with Gasteiger partial charge in [-0.2, -0.15) is 0 Å². The molecule has 1 fully saturated rings. The van der Waals surface area contributed by atoms with Crippen LogP contribution in [0.25, 0.3) is 0 Å². The average Bonchev–Trinajstić information content (AvgIpc) is 2.62. The van der Waals surface area contributed by atoms with Crippen LogP contribution in [0.15, 0.2) is 66.2 Å². The van der Waals surface area contributed by atoms with Gasteiger partial charge in [0.05, 0.1) is 19.3 Å². The van der Waals surface area contributed by atoms with Gasteiger partial charge < -0.3 is 4.74 Å². The molecule has 1 saturated heterocycles. The van der Waals surface area contributed by atoms with Crippen molar-refractivity contribution in [3.63, 3.8) is 0 Å². The van der Waals surface area contributed by atoms with Gasteiger partial charge in [0, 0.05) is 12.6 Å². The van der Waals surface area contributed by atoms with Crippen LogP contribution in [-0.4, -0.2) is 30.2 Å². The maximum absolute atomic E-state index is 13.0. The molecule has 2 heterocycles. The third-order valence-electron chi connectivity index (χ3n) is 5.28. The van der Waals surface area contributed by atoms with Crippen LogP contribution in [0.3, 0.4) is 0 Å². The number of morpholine rings is 1. The maximum atomic E-state index is 13.0. The van der Waals surface area contributed by atoms with Gasteiger partial charge in [-0.1, -0.05) is 54.1 Å². The third-order valence-corrected chi connectivity index (χ3v) is 5.28. The Morgan fingerprint density at radius 1 is 0.920 bits per heavy atom. The second kappa shape index (κ2) is 7.51.